The summed E-state index contributed by atoms with van der Waals surface area (Å²) in [5.41, 5.74) is -0.272. The van der Waals surface area contributed by atoms with Crippen LogP contribution in [0.25, 0.3) is 0 Å². The van der Waals surface area contributed by atoms with Gasteiger partial charge in [0.25, 0.3) is 0 Å². The minimum Gasteiger partial charge on any atom is -0.743 e. The molecule has 4 saturated carbocycles. The van der Waals surface area contributed by atoms with Crippen LogP contribution in [0.5, 0.6) is 5.75 Å². The number of benzene rings is 1. The van der Waals surface area contributed by atoms with E-state index < -0.39 is 32.7 Å². The van der Waals surface area contributed by atoms with Crippen molar-refractivity contribution in [2.45, 2.75) is 55.4 Å². The summed E-state index contributed by atoms with van der Waals surface area (Å²) >= 11 is 4.43. The van der Waals surface area contributed by atoms with Gasteiger partial charge in [0, 0.05) is 21.0 Å². The summed E-state index contributed by atoms with van der Waals surface area (Å²) in [6.07, 6.45) is 2.28. The van der Waals surface area contributed by atoms with Gasteiger partial charge in [-0.3, -0.25) is 0 Å². The molecule has 2 unspecified atom stereocenters. The fraction of sp³-hybridized carbons (Fsp3) is 0.632. The van der Waals surface area contributed by atoms with E-state index in [1.54, 1.807) is 0 Å². The van der Waals surface area contributed by atoms with Gasteiger partial charge in [0.15, 0.2) is 10.1 Å². The number of esters is 1. The monoisotopic (exact) mass is 681 g/mol. The van der Waals surface area contributed by atoms with Gasteiger partial charge in [-0.15, -0.1) is 0 Å². The predicted octanol–water partition coefficient (Wildman–Crippen LogP) is 3.76. The largest absolute Gasteiger partial charge is 0.743 e. The fourth-order valence-corrected chi connectivity index (χ4v) is 7.38. The Morgan fingerprint density at radius 1 is 1.16 bits per heavy atom. The number of rotatable bonds is 3. The molecule has 0 saturated heterocycles. The molecule has 4 bridgehead atoms. The Bertz CT molecular complexity index is 1060. The number of ether oxygens (including phenoxy) is 3. The molecular formula is C19H17F2I2O7S-. The topological polar surface area (TPSA) is 102 Å². The number of halogens is 4. The lowest BCUT2D eigenvalue weighted by Gasteiger charge is -2.63. The van der Waals surface area contributed by atoms with Gasteiger partial charge in [-0.05, 0) is 95.3 Å². The molecule has 7 nitrogen and oxygen atoms in total. The van der Waals surface area contributed by atoms with Gasteiger partial charge >= 0.3 is 11.2 Å². The second-order valence-electron chi connectivity index (χ2n) is 8.84. The number of alkyl halides is 2. The van der Waals surface area contributed by atoms with Gasteiger partial charge in [-0.25, -0.2) is 13.2 Å². The molecule has 1 spiro atoms. The first-order chi connectivity index (χ1) is 14.4. The van der Waals surface area contributed by atoms with Crippen molar-refractivity contribution >= 4 is 61.3 Å². The van der Waals surface area contributed by atoms with E-state index in [1.165, 1.54) is 0 Å². The molecule has 1 heterocycles. The van der Waals surface area contributed by atoms with Crippen LogP contribution in [-0.4, -0.2) is 35.6 Å². The summed E-state index contributed by atoms with van der Waals surface area (Å²) in [6.45, 7) is 0.362. The van der Waals surface area contributed by atoms with Gasteiger partial charge < -0.3 is 18.8 Å². The van der Waals surface area contributed by atoms with E-state index in [4.69, 9.17) is 14.2 Å². The van der Waals surface area contributed by atoms with Gasteiger partial charge in [0.05, 0.1) is 10.2 Å². The summed E-state index contributed by atoms with van der Waals surface area (Å²) < 4.78 is 80.0. The quantitative estimate of drug-likeness (QED) is 0.272. The summed E-state index contributed by atoms with van der Waals surface area (Å²) in [6, 6.07) is 3.95. The summed E-state index contributed by atoms with van der Waals surface area (Å²) in [5, 5.41) is -5.11. The van der Waals surface area contributed by atoms with E-state index in [1.807, 2.05) is 12.1 Å². The van der Waals surface area contributed by atoms with E-state index >= 15 is 0 Å². The highest BCUT2D eigenvalue weighted by Gasteiger charge is 2.68. The maximum absolute atomic E-state index is 13.8. The van der Waals surface area contributed by atoms with Crippen molar-refractivity contribution in [2.75, 3.05) is 0 Å². The molecule has 5 aliphatic rings. The third kappa shape index (κ3) is 3.33. The van der Waals surface area contributed by atoms with Gasteiger partial charge in [-0.1, -0.05) is 0 Å². The maximum atomic E-state index is 13.8. The first kappa shape index (κ1) is 22.5. The number of fused-ring (bicyclic) bond motifs is 1. The average molecular weight is 681 g/mol. The molecule has 1 aromatic rings. The molecule has 4 fully saturated rings. The fourth-order valence-electron chi connectivity index (χ4n) is 5.93. The number of hydrogen-bond donors (Lipinski definition) is 0. The minimum atomic E-state index is -6.16. The van der Waals surface area contributed by atoms with Gasteiger partial charge in [0.2, 0.25) is 5.79 Å². The van der Waals surface area contributed by atoms with E-state index in [9.17, 15) is 26.5 Å². The minimum absolute atomic E-state index is 0.122. The third-order valence-electron chi connectivity index (χ3n) is 6.99. The molecular weight excluding hydrogens is 664 g/mol. The van der Waals surface area contributed by atoms with E-state index in [-0.39, 0.29) is 30.6 Å². The van der Waals surface area contributed by atoms with Crippen molar-refractivity contribution in [3.05, 3.63) is 24.8 Å². The van der Waals surface area contributed by atoms with Crippen molar-refractivity contribution in [1.82, 2.24) is 0 Å². The van der Waals surface area contributed by atoms with Crippen molar-refractivity contribution in [2.24, 2.45) is 17.8 Å². The van der Waals surface area contributed by atoms with Gasteiger partial charge in [0.1, 0.15) is 11.4 Å². The Morgan fingerprint density at radius 2 is 1.77 bits per heavy atom. The van der Waals surface area contributed by atoms with Crippen LogP contribution in [0.4, 0.5) is 8.78 Å². The highest BCUT2D eigenvalue weighted by molar-refractivity contribution is 14.1. The van der Waals surface area contributed by atoms with Crippen molar-refractivity contribution in [3.63, 3.8) is 0 Å². The Kier molecular flexibility index (Phi) is 5.14. The molecule has 0 radical (unpaired) electrons. The van der Waals surface area contributed by atoms with Crippen LogP contribution in [0.2, 0.25) is 0 Å². The zero-order valence-electron chi connectivity index (χ0n) is 15.9. The zero-order chi connectivity index (χ0) is 22.4. The zero-order valence-corrected chi connectivity index (χ0v) is 21.0. The molecule has 170 valence electrons. The lowest BCUT2D eigenvalue weighted by Crippen LogP contribution is -2.68. The molecule has 0 aromatic heterocycles. The van der Waals surface area contributed by atoms with Crippen molar-refractivity contribution in [3.8, 4) is 5.75 Å². The molecule has 1 aliphatic heterocycles. The van der Waals surface area contributed by atoms with Crippen LogP contribution in [0.1, 0.15) is 37.7 Å². The summed E-state index contributed by atoms with van der Waals surface area (Å²) in [5.74, 6) is -2.74. The maximum Gasteiger partial charge on any atom is 0.428 e. The summed E-state index contributed by atoms with van der Waals surface area (Å²) in [7, 11) is -6.16. The smallest absolute Gasteiger partial charge is 0.428 e. The molecule has 0 amide bonds. The Balaban J connectivity index is 1.44. The summed E-state index contributed by atoms with van der Waals surface area (Å²) in [4.78, 5) is 12.0. The lowest BCUT2D eigenvalue weighted by atomic mass is 9.51. The third-order valence-corrected chi connectivity index (χ3v) is 9.65. The SMILES string of the molecule is O=C(OC12CC3CC(C1)C1(OCc4c(I)ccc(I)c4O1)C(C3)C2)C(F)(F)S(=O)(=O)[O-]. The second kappa shape index (κ2) is 7.09. The van der Waals surface area contributed by atoms with Crippen LogP contribution >= 0.6 is 45.2 Å². The Morgan fingerprint density at radius 3 is 2.39 bits per heavy atom. The predicted molar refractivity (Wildman–Crippen MR) is 117 cm³/mol. The number of hydrogen-bond acceptors (Lipinski definition) is 7. The highest BCUT2D eigenvalue weighted by atomic mass is 127. The van der Waals surface area contributed by atoms with E-state index in [0.29, 0.717) is 13.0 Å². The number of carbonyl (C=O) groups is 1. The van der Waals surface area contributed by atoms with Crippen LogP contribution < -0.4 is 4.74 Å². The van der Waals surface area contributed by atoms with Crippen LogP contribution in [0.3, 0.4) is 0 Å². The first-order valence-corrected chi connectivity index (χ1v) is 13.3. The van der Waals surface area contributed by atoms with E-state index in [2.05, 4.69) is 45.2 Å². The molecule has 0 N–H and O–H groups in total. The first-order valence-electron chi connectivity index (χ1n) is 9.73. The highest BCUT2D eigenvalue weighted by Crippen LogP contribution is 2.64. The van der Waals surface area contributed by atoms with Crippen LogP contribution in [-0.2, 0) is 31.0 Å². The molecule has 4 aliphatic carbocycles. The lowest BCUT2D eigenvalue weighted by molar-refractivity contribution is -0.338. The normalized spacial score (nSPS) is 36.2. The Labute approximate surface area is 204 Å². The average Bonchev–Trinajstić information content (AvgIpc) is 2.67. The van der Waals surface area contributed by atoms with Gasteiger partial charge in [-0.2, -0.15) is 8.78 Å². The molecule has 6 rings (SSSR count). The Hall–Kier alpha value is -0.320. The molecule has 12 heteroatoms. The van der Waals surface area contributed by atoms with Crippen molar-refractivity contribution in [1.29, 1.82) is 0 Å². The molecule has 31 heavy (non-hydrogen) atoms. The molecule has 2 atom stereocenters. The number of carbonyl (C=O) groups excluding carboxylic acids is 1. The standard InChI is InChI=1S/C19H18F2I2O7S/c20-19(21,31(25,26)27)16(24)30-17-5-9-3-10(6-17)18(11(4-9)7-17)28-8-12-13(22)1-2-14(23)15(12)29-18/h1-2,9-11H,3-8H2,(H,25,26,27)/p-1. The molecule has 1 aromatic carbocycles. The van der Waals surface area contributed by atoms with Crippen molar-refractivity contribution < 1.29 is 40.8 Å². The van der Waals surface area contributed by atoms with Crippen LogP contribution in [0.15, 0.2) is 12.1 Å². The second-order valence-corrected chi connectivity index (χ2v) is 12.6. The van der Waals surface area contributed by atoms with E-state index in [0.717, 1.165) is 31.3 Å². The van der Waals surface area contributed by atoms with Crippen LogP contribution in [0, 0.1) is 24.9 Å².